The van der Waals surface area contributed by atoms with Crippen molar-refractivity contribution in [2.75, 3.05) is 6.54 Å². The fourth-order valence-electron chi connectivity index (χ4n) is 2.87. The van der Waals surface area contributed by atoms with Crippen LogP contribution in [0.5, 0.6) is 0 Å². The highest BCUT2D eigenvalue weighted by molar-refractivity contribution is 5.85. The fourth-order valence-corrected chi connectivity index (χ4v) is 2.87. The third-order valence-electron chi connectivity index (χ3n) is 4.11. The number of hydrogen-bond donors (Lipinski definition) is 1. The van der Waals surface area contributed by atoms with E-state index >= 15 is 0 Å². The zero-order chi connectivity index (χ0) is 14.7. The lowest BCUT2D eigenvalue weighted by molar-refractivity contribution is 0.653. The van der Waals surface area contributed by atoms with E-state index in [0.29, 0.717) is 0 Å². The minimum Gasteiger partial charge on any atom is -0.346 e. The molecule has 1 aromatic carbocycles. The first-order valence-corrected chi connectivity index (χ1v) is 7.40. The summed E-state index contributed by atoms with van der Waals surface area (Å²) in [5.41, 5.74) is 5.32. The summed E-state index contributed by atoms with van der Waals surface area (Å²) in [5, 5.41) is 4.90. The third kappa shape index (κ3) is 2.83. The van der Waals surface area contributed by atoms with E-state index in [4.69, 9.17) is 0 Å². The number of fused-ring (bicyclic) bond motifs is 1. The SMILES string of the molecule is Cc1c(CNCCc2cccnc2)n(C)c2ccccc12. The van der Waals surface area contributed by atoms with Crippen molar-refractivity contribution in [1.29, 1.82) is 0 Å². The molecule has 0 spiro atoms. The number of aromatic nitrogens is 2. The Hall–Kier alpha value is -2.13. The highest BCUT2D eigenvalue weighted by Gasteiger charge is 2.10. The number of nitrogens with zero attached hydrogens (tertiary/aromatic N) is 2. The summed E-state index contributed by atoms with van der Waals surface area (Å²) >= 11 is 0. The van der Waals surface area contributed by atoms with Gasteiger partial charge in [0.05, 0.1) is 0 Å². The Morgan fingerprint density at radius 2 is 2.00 bits per heavy atom. The number of hydrogen-bond acceptors (Lipinski definition) is 2. The average Bonchev–Trinajstić information content (AvgIpc) is 2.77. The van der Waals surface area contributed by atoms with E-state index in [-0.39, 0.29) is 0 Å². The maximum atomic E-state index is 4.15. The molecule has 21 heavy (non-hydrogen) atoms. The van der Waals surface area contributed by atoms with Gasteiger partial charge in [0.15, 0.2) is 0 Å². The first kappa shape index (κ1) is 13.8. The number of aryl methyl sites for hydroxylation is 2. The Kier molecular flexibility index (Phi) is 4.02. The minimum absolute atomic E-state index is 0.900. The van der Waals surface area contributed by atoms with Crippen LogP contribution >= 0.6 is 0 Å². The largest absolute Gasteiger partial charge is 0.346 e. The number of para-hydroxylation sites is 1. The van der Waals surface area contributed by atoms with Gasteiger partial charge in [0.1, 0.15) is 0 Å². The van der Waals surface area contributed by atoms with Gasteiger partial charge in [-0.25, -0.2) is 0 Å². The third-order valence-corrected chi connectivity index (χ3v) is 4.11. The van der Waals surface area contributed by atoms with Crippen molar-refractivity contribution in [3.63, 3.8) is 0 Å². The topological polar surface area (TPSA) is 29.9 Å². The molecule has 0 aliphatic heterocycles. The van der Waals surface area contributed by atoms with Gasteiger partial charge in [0.25, 0.3) is 0 Å². The molecule has 0 unspecified atom stereocenters. The smallest absolute Gasteiger partial charge is 0.0483 e. The normalized spacial score (nSPS) is 11.1. The second-order valence-corrected chi connectivity index (χ2v) is 5.44. The van der Waals surface area contributed by atoms with E-state index in [1.165, 1.54) is 27.7 Å². The molecule has 0 aliphatic rings. The molecule has 3 nitrogen and oxygen atoms in total. The molecule has 0 saturated heterocycles. The molecule has 0 bridgehead atoms. The number of nitrogens with one attached hydrogen (secondary N) is 1. The van der Waals surface area contributed by atoms with Crippen LogP contribution in [-0.4, -0.2) is 16.1 Å². The van der Waals surface area contributed by atoms with Crippen molar-refractivity contribution in [2.24, 2.45) is 7.05 Å². The van der Waals surface area contributed by atoms with E-state index in [0.717, 1.165) is 19.5 Å². The van der Waals surface area contributed by atoms with Gasteiger partial charge >= 0.3 is 0 Å². The molecule has 1 N–H and O–H groups in total. The standard InChI is InChI=1S/C18H21N3/c1-14-16-7-3-4-8-17(16)21(2)18(14)13-20-11-9-15-6-5-10-19-12-15/h3-8,10,12,20H,9,11,13H2,1-2H3. The van der Waals surface area contributed by atoms with Crippen molar-refractivity contribution in [3.05, 3.63) is 65.6 Å². The predicted octanol–water partition coefficient (Wildman–Crippen LogP) is 3.21. The molecule has 0 radical (unpaired) electrons. The Morgan fingerprint density at radius 1 is 1.14 bits per heavy atom. The zero-order valence-corrected chi connectivity index (χ0v) is 12.6. The lowest BCUT2D eigenvalue weighted by Crippen LogP contribution is -2.19. The summed E-state index contributed by atoms with van der Waals surface area (Å²) in [6, 6.07) is 12.7. The highest BCUT2D eigenvalue weighted by Crippen LogP contribution is 2.24. The van der Waals surface area contributed by atoms with Crippen LogP contribution in [0.25, 0.3) is 10.9 Å². The van der Waals surface area contributed by atoms with Crippen molar-refractivity contribution < 1.29 is 0 Å². The van der Waals surface area contributed by atoms with Gasteiger partial charge in [-0.05, 0) is 43.1 Å². The second-order valence-electron chi connectivity index (χ2n) is 5.44. The molecular formula is C18H21N3. The molecule has 3 rings (SSSR count). The second kappa shape index (κ2) is 6.10. The van der Waals surface area contributed by atoms with Gasteiger partial charge in [-0.2, -0.15) is 0 Å². The van der Waals surface area contributed by atoms with Crippen LogP contribution in [0.15, 0.2) is 48.8 Å². The molecule has 0 atom stereocenters. The first-order chi connectivity index (χ1) is 10.3. The number of pyridine rings is 1. The molecule has 3 aromatic rings. The number of rotatable bonds is 5. The fraction of sp³-hybridized carbons (Fsp3) is 0.278. The van der Waals surface area contributed by atoms with Gasteiger partial charge in [-0.3, -0.25) is 4.98 Å². The van der Waals surface area contributed by atoms with Crippen molar-refractivity contribution in [2.45, 2.75) is 19.9 Å². The van der Waals surface area contributed by atoms with E-state index in [1.807, 2.05) is 18.5 Å². The van der Waals surface area contributed by atoms with Crippen LogP contribution < -0.4 is 5.32 Å². The van der Waals surface area contributed by atoms with Crippen LogP contribution in [0.1, 0.15) is 16.8 Å². The Labute approximate surface area is 125 Å². The molecule has 2 heterocycles. The molecule has 0 fully saturated rings. The van der Waals surface area contributed by atoms with Gasteiger partial charge in [0.2, 0.25) is 0 Å². The van der Waals surface area contributed by atoms with Crippen molar-refractivity contribution >= 4 is 10.9 Å². The quantitative estimate of drug-likeness (QED) is 0.727. The first-order valence-electron chi connectivity index (χ1n) is 7.40. The van der Waals surface area contributed by atoms with Crippen LogP contribution in [-0.2, 0) is 20.0 Å². The van der Waals surface area contributed by atoms with Crippen molar-refractivity contribution in [1.82, 2.24) is 14.9 Å². The lowest BCUT2D eigenvalue weighted by atomic mass is 10.1. The summed E-state index contributed by atoms with van der Waals surface area (Å²) in [4.78, 5) is 4.15. The van der Waals surface area contributed by atoms with Crippen LogP contribution in [0.4, 0.5) is 0 Å². The van der Waals surface area contributed by atoms with Gasteiger partial charge < -0.3 is 9.88 Å². The van der Waals surface area contributed by atoms with Crippen LogP contribution in [0, 0.1) is 6.92 Å². The van der Waals surface area contributed by atoms with Crippen LogP contribution in [0.2, 0.25) is 0 Å². The summed E-state index contributed by atoms with van der Waals surface area (Å²) < 4.78 is 2.29. The Balaban J connectivity index is 1.66. The molecule has 0 amide bonds. The predicted molar refractivity (Wildman–Crippen MR) is 87.3 cm³/mol. The highest BCUT2D eigenvalue weighted by atomic mass is 15.0. The van der Waals surface area contributed by atoms with E-state index < -0.39 is 0 Å². The van der Waals surface area contributed by atoms with Gasteiger partial charge in [0, 0.05) is 42.6 Å². The number of benzene rings is 1. The van der Waals surface area contributed by atoms with E-state index in [1.54, 1.807) is 0 Å². The molecule has 2 aromatic heterocycles. The summed E-state index contributed by atoms with van der Waals surface area (Å²) in [5.74, 6) is 0. The Bertz CT molecular complexity index is 690. The Morgan fingerprint density at radius 3 is 2.76 bits per heavy atom. The monoisotopic (exact) mass is 279 g/mol. The maximum Gasteiger partial charge on any atom is 0.0483 e. The van der Waals surface area contributed by atoms with Crippen molar-refractivity contribution in [3.8, 4) is 0 Å². The summed E-state index contributed by atoms with van der Waals surface area (Å²) in [6.45, 7) is 4.07. The minimum atomic E-state index is 0.900. The lowest BCUT2D eigenvalue weighted by Gasteiger charge is -2.08. The molecule has 0 saturated carbocycles. The molecule has 0 aliphatic carbocycles. The van der Waals surface area contributed by atoms with Gasteiger partial charge in [-0.15, -0.1) is 0 Å². The van der Waals surface area contributed by atoms with Gasteiger partial charge in [-0.1, -0.05) is 24.3 Å². The zero-order valence-electron chi connectivity index (χ0n) is 12.6. The van der Waals surface area contributed by atoms with E-state index in [2.05, 4.69) is 59.2 Å². The summed E-state index contributed by atoms with van der Waals surface area (Å²) in [6.07, 6.45) is 4.76. The molecular weight excluding hydrogens is 258 g/mol. The summed E-state index contributed by atoms with van der Waals surface area (Å²) in [7, 11) is 2.15. The maximum absolute atomic E-state index is 4.15. The van der Waals surface area contributed by atoms with Crippen LogP contribution in [0.3, 0.4) is 0 Å². The molecule has 108 valence electrons. The average molecular weight is 279 g/mol. The molecule has 3 heteroatoms. The van der Waals surface area contributed by atoms with E-state index in [9.17, 15) is 0 Å².